The Kier molecular flexibility index (Phi) is 4.18. The normalized spacial score (nSPS) is 15.0. The first-order valence-electron chi connectivity index (χ1n) is 6.31. The second-order valence-electron chi connectivity index (χ2n) is 4.67. The minimum Gasteiger partial charge on any atom is -0.489 e. The van der Waals surface area contributed by atoms with Gasteiger partial charge in [0.25, 0.3) is 0 Å². The van der Waals surface area contributed by atoms with Crippen LogP contribution in [0.5, 0.6) is 5.75 Å². The summed E-state index contributed by atoms with van der Waals surface area (Å²) in [6.45, 7) is 0.805. The number of likely N-dealkylation sites (N-methyl/N-ethyl adjacent to an activating group) is 1. The highest BCUT2D eigenvalue weighted by molar-refractivity contribution is 5.79. The molecule has 0 N–H and O–H groups in total. The lowest BCUT2D eigenvalue weighted by molar-refractivity contribution is -0.137. The van der Waals surface area contributed by atoms with Gasteiger partial charge >= 0.3 is 0 Å². The molecule has 0 radical (unpaired) electrons. The van der Waals surface area contributed by atoms with Gasteiger partial charge in [-0.2, -0.15) is 0 Å². The summed E-state index contributed by atoms with van der Waals surface area (Å²) in [5, 5.41) is 0. The van der Waals surface area contributed by atoms with Gasteiger partial charge in [0.2, 0.25) is 5.91 Å². The van der Waals surface area contributed by atoms with Crippen LogP contribution in [0.15, 0.2) is 24.3 Å². The lowest BCUT2D eigenvalue weighted by atomic mass is 9.84. The Hall–Kier alpha value is -1.58. The smallest absolute Gasteiger partial charge is 0.225 e. The predicted octanol–water partition coefficient (Wildman–Crippen LogP) is 2.46. The Morgan fingerprint density at radius 1 is 1.44 bits per heavy atom. The van der Waals surface area contributed by atoms with Gasteiger partial charge in [0.15, 0.2) is 11.6 Å². The van der Waals surface area contributed by atoms with Crippen LogP contribution in [0.2, 0.25) is 0 Å². The van der Waals surface area contributed by atoms with E-state index in [0.29, 0.717) is 13.2 Å². The van der Waals surface area contributed by atoms with Crippen LogP contribution in [0.4, 0.5) is 4.39 Å². The average Bonchev–Trinajstić information content (AvgIpc) is 2.29. The third-order valence-electron chi connectivity index (χ3n) is 3.35. The highest BCUT2D eigenvalue weighted by Gasteiger charge is 2.27. The fraction of sp³-hybridized carbons (Fsp3) is 0.500. The zero-order valence-corrected chi connectivity index (χ0v) is 10.6. The number of hydrogen-bond acceptors (Lipinski definition) is 2. The monoisotopic (exact) mass is 251 g/mol. The van der Waals surface area contributed by atoms with Crippen LogP contribution < -0.4 is 4.74 Å². The molecule has 98 valence electrons. The van der Waals surface area contributed by atoms with E-state index < -0.39 is 0 Å². The summed E-state index contributed by atoms with van der Waals surface area (Å²) < 4.78 is 18.6. The van der Waals surface area contributed by atoms with Crippen molar-refractivity contribution in [3.63, 3.8) is 0 Å². The number of carbonyl (C=O) groups excluding carboxylic acids is 1. The van der Waals surface area contributed by atoms with Crippen molar-refractivity contribution in [3.8, 4) is 5.75 Å². The molecule has 0 bridgehead atoms. The number of halogens is 1. The van der Waals surface area contributed by atoms with E-state index >= 15 is 0 Å². The van der Waals surface area contributed by atoms with Crippen molar-refractivity contribution in [2.24, 2.45) is 5.92 Å². The molecule has 1 aromatic carbocycles. The summed E-state index contributed by atoms with van der Waals surface area (Å²) in [6, 6.07) is 6.29. The van der Waals surface area contributed by atoms with Gasteiger partial charge in [-0.15, -0.1) is 0 Å². The van der Waals surface area contributed by atoms with Crippen molar-refractivity contribution in [3.05, 3.63) is 30.1 Å². The van der Waals surface area contributed by atoms with Crippen molar-refractivity contribution in [1.82, 2.24) is 4.90 Å². The first kappa shape index (κ1) is 12.9. The molecule has 1 fully saturated rings. The minimum atomic E-state index is -0.370. The van der Waals surface area contributed by atoms with Crippen molar-refractivity contribution in [2.75, 3.05) is 20.2 Å². The van der Waals surface area contributed by atoms with Gasteiger partial charge in [-0.1, -0.05) is 18.6 Å². The molecule has 0 atom stereocenters. The van der Waals surface area contributed by atoms with Crippen LogP contribution in [0.1, 0.15) is 19.3 Å². The Bertz CT molecular complexity index is 418. The summed E-state index contributed by atoms with van der Waals surface area (Å²) >= 11 is 0. The molecular formula is C14H18FNO2. The summed E-state index contributed by atoms with van der Waals surface area (Å²) in [4.78, 5) is 13.5. The quantitative estimate of drug-likeness (QED) is 0.804. The number of hydrogen-bond donors (Lipinski definition) is 0. The number of carbonyl (C=O) groups is 1. The summed E-state index contributed by atoms with van der Waals surface area (Å²) in [5.74, 6) is 0.245. The maximum absolute atomic E-state index is 13.3. The summed E-state index contributed by atoms with van der Waals surface area (Å²) in [5.41, 5.74) is 0. The third-order valence-corrected chi connectivity index (χ3v) is 3.35. The van der Waals surface area contributed by atoms with E-state index in [0.717, 1.165) is 19.3 Å². The van der Waals surface area contributed by atoms with Gasteiger partial charge in [-0.25, -0.2) is 4.39 Å². The lowest BCUT2D eigenvalue weighted by Crippen LogP contribution is -2.38. The molecule has 1 aliphatic carbocycles. The molecule has 0 spiro atoms. The van der Waals surface area contributed by atoms with Crippen LogP contribution in [-0.2, 0) is 4.79 Å². The summed E-state index contributed by atoms with van der Waals surface area (Å²) in [6.07, 6.45) is 3.14. The number of para-hydroxylation sites is 1. The summed E-state index contributed by atoms with van der Waals surface area (Å²) in [7, 11) is 1.77. The van der Waals surface area contributed by atoms with Gasteiger partial charge in [-0.05, 0) is 25.0 Å². The first-order chi connectivity index (χ1) is 8.68. The van der Waals surface area contributed by atoms with E-state index in [-0.39, 0.29) is 23.4 Å². The minimum absolute atomic E-state index is 0.179. The van der Waals surface area contributed by atoms with E-state index in [1.54, 1.807) is 30.1 Å². The number of rotatable bonds is 5. The molecule has 2 rings (SSSR count). The van der Waals surface area contributed by atoms with Gasteiger partial charge in [0.05, 0.1) is 6.54 Å². The molecule has 3 nitrogen and oxygen atoms in total. The van der Waals surface area contributed by atoms with Crippen LogP contribution in [-0.4, -0.2) is 31.0 Å². The van der Waals surface area contributed by atoms with Crippen LogP contribution in [0, 0.1) is 11.7 Å². The topological polar surface area (TPSA) is 29.5 Å². The number of ether oxygens (including phenoxy) is 1. The van der Waals surface area contributed by atoms with Crippen molar-refractivity contribution in [2.45, 2.75) is 19.3 Å². The molecule has 0 aliphatic heterocycles. The van der Waals surface area contributed by atoms with Crippen molar-refractivity contribution in [1.29, 1.82) is 0 Å². The molecule has 0 unspecified atom stereocenters. The second-order valence-corrected chi connectivity index (χ2v) is 4.67. The van der Waals surface area contributed by atoms with Crippen molar-refractivity contribution < 1.29 is 13.9 Å². The fourth-order valence-corrected chi connectivity index (χ4v) is 1.93. The zero-order valence-electron chi connectivity index (χ0n) is 10.6. The molecule has 1 amide bonds. The van der Waals surface area contributed by atoms with Crippen LogP contribution >= 0.6 is 0 Å². The molecule has 0 heterocycles. The van der Waals surface area contributed by atoms with Gasteiger partial charge in [-0.3, -0.25) is 4.79 Å². The van der Waals surface area contributed by atoms with E-state index in [1.807, 2.05) is 0 Å². The molecule has 0 aromatic heterocycles. The maximum atomic E-state index is 13.3. The largest absolute Gasteiger partial charge is 0.489 e. The average molecular weight is 251 g/mol. The maximum Gasteiger partial charge on any atom is 0.225 e. The van der Waals surface area contributed by atoms with Gasteiger partial charge in [0.1, 0.15) is 6.61 Å². The third kappa shape index (κ3) is 3.00. The van der Waals surface area contributed by atoms with Crippen LogP contribution in [0.3, 0.4) is 0 Å². The first-order valence-corrected chi connectivity index (χ1v) is 6.31. The Balaban J connectivity index is 1.74. The Morgan fingerprint density at radius 2 is 2.17 bits per heavy atom. The molecule has 18 heavy (non-hydrogen) atoms. The standard InChI is InChI=1S/C14H18FNO2/c1-16(14(17)11-5-4-6-11)9-10-18-13-8-3-2-7-12(13)15/h2-3,7-8,11H,4-6,9-10H2,1H3. The van der Waals surface area contributed by atoms with E-state index in [2.05, 4.69) is 0 Å². The second kappa shape index (κ2) is 5.85. The zero-order chi connectivity index (χ0) is 13.0. The molecule has 1 aromatic rings. The fourth-order valence-electron chi connectivity index (χ4n) is 1.93. The highest BCUT2D eigenvalue weighted by Crippen LogP contribution is 2.27. The van der Waals surface area contributed by atoms with Gasteiger partial charge < -0.3 is 9.64 Å². The van der Waals surface area contributed by atoms with E-state index in [1.165, 1.54) is 6.07 Å². The molecule has 4 heteroatoms. The SMILES string of the molecule is CN(CCOc1ccccc1F)C(=O)C1CCC1. The molecular weight excluding hydrogens is 233 g/mol. The predicted molar refractivity (Wildman–Crippen MR) is 66.9 cm³/mol. The number of benzene rings is 1. The highest BCUT2D eigenvalue weighted by atomic mass is 19.1. The van der Waals surface area contributed by atoms with E-state index in [9.17, 15) is 9.18 Å². The molecule has 1 aliphatic rings. The molecule has 1 saturated carbocycles. The van der Waals surface area contributed by atoms with Crippen LogP contribution in [0.25, 0.3) is 0 Å². The molecule has 0 saturated heterocycles. The van der Waals surface area contributed by atoms with Crippen molar-refractivity contribution >= 4 is 5.91 Å². The van der Waals surface area contributed by atoms with E-state index in [4.69, 9.17) is 4.74 Å². The van der Waals surface area contributed by atoms with Gasteiger partial charge in [0, 0.05) is 13.0 Å². The Labute approximate surface area is 107 Å². The Morgan fingerprint density at radius 3 is 2.78 bits per heavy atom. The number of amides is 1. The number of nitrogens with zero attached hydrogens (tertiary/aromatic N) is 1. The lowest BCUT2D eigenvalue weighted by Gasteiger charge is -2.29.